The molecular weight excluding hydrogens is 678 g/mol. The molecular formula is C33H57N3O15. The Hall–Kier alpha value is -2.62. The number of carbonyl (C=O) groups excluding carboxylic acids is 3. The van der Waals surface area contributed by atoms with E-state index in [0.29, 0.717) is 145 Å². The molecule has 0 aromatic rings. The van der Waals surface area contributed by atoms with Crippen LogP contribution in [0.3, 0.4) is 0 Å². The van der Waals surface area contributed by atoms with E-state index in [9.17, 15) is 19.2 Å². The maximum atomic E-state index is 12.9. The Bertz CT molecular complexity index is 930. The smallest absolute Gasteiger partial charge is 0.317 e. The maximum absolute atomic E-state index is 12.9. The number of imide groups is 1. The third-order valence-electron chi connectivity index (χ3n) is 7.25. The molecule has 0 bridgehead atoms. The van der Waals surface area contributed by atoms with Crippen molar-refractivity contribution in [1.29, 1.82) is 0 Å². The predicted molar refractivity (Wildman–Crippen MR) is 179 cm³/mol. The van der Waals surface area contributed by atoms with Crippen molar-refractivity contribution in [3.63, 3.8) is 0 Å². The van der Waals surface area contributed by atoms with E-state index in [1.54, 1.807) is 9.80 Å². The van der Waals surface area contributed by atoms with Crippen LogP contribution < -0.4 is 0 Å². The largest absolute Gasteiger partial charge is 0.480 e. The lowest BCUT2D eigenvalue weighted by Crippen LogP contribution is -2.37. The summed E-state index contributed by atoms with van der Waals surface area (Å²) in [6, 6.07) is 0. The number of rotatable bonds is 17. The van der Waals surface area contributed by atoms with Gasteiger partial charge in [-0.2, -0.15) is 0 Å². The van der Waals surface area contributed by atoms with E-state index in [2.05, 4.69) is 0 Å². The first-order valence-corrected chi connectivity index (χ1v) is 17.5. The number of amides is 3. The van der Waals surface area contributed by atoms with Gasteiger partial charge in [0.15, 0.2) is 0 Å². The first kappa shape index (κ1) is 44.5. The molecule has 0 aliphatic carbocycles. The van der Waals surface area contributed by atoms with E-state index in [1.807, 2.05) is 0 Å². The van der Waals surface area contributed by atoms with Crippen LogP contribution in [0.4, 0.5) is 0 Å². The summed E-state index contributed by atoms with van der Waals surface area (Å²) in [4.78, 5) is 51.5. The average molecular weight is 736 g/mol. The normalized spacial score (nSPS) is 19.3. The van der Waals surface area contributed by atoms with E-state index in [-0.39, 0.29) is 50.4 Å². The van der Waals surface area contributed by atoms with Crippen LogP contribution in [0.25, 0.3) is 0 Å². The predicted octanol–water partition coefficient (Wildman–Crippen LogP) is -1.30. The Kier molecular flexibility index (Phi) is 27.0. The topological polar surface area (TPSA) is 191 Å². The summed E-state index contributed by atoms with van der Waals surface area (Å²) in [5.41, 5.74) is 0. The minimum Gasteiger partial charge on any atom is -0.480 e. The summed E-state index contributed by atoms with van der Waals surface area (Å²) in [5.74, 6) is -1.63. The highest BCUT2D eigenvalue weighted by atomic mass is 16.6. The number of hydrogen-bond donors (Lipinski definition) is 1. The summed E-state index contributed by atoms with van der Waals surface area (Å²) in [6.45, 7) is 8.98. The lowest BCUT2D eigenvalue weighted by molar-refractivity contribution is -0.139. The lowest BCUT2D eigenvalue weighted by atomic mass is 10.3. The summed E-state index contributed by atoms with van der Waals surface area (Å²) in [6.07, 6.45) is 2.69. The van der Waals surface area contributed by atoms with Crippen LogP contribution in [0.1, 0.15) is 6.42 Å². The van der Waals surface area contributed by atoms with Crippen LogP contribution in [0, 0.1) is 0 Å². The molecule has 51 heavy (non-hydrogen) atoms. The van der Waals surface area contributed by atoms with Gasteiger partial charge in [-0.3, -0.25) is 29.0 Å². The third kappa shape index (κ3) is 24.3. The van der Waals surface area contributed by atoms with Crippen molar-refractivity contribution in [2.75, 3.05) is 171 Å². The Morgan fingerprint density at radius 1 is 0.549 bits per heavy atom. The van der Waals surface area contributed by atoms with Crippen molar-refractivity contribution in [3.05, 3.63) is 12.2 Å². The number of carboxylic acid groups (broad SMARTS) is 1. The number of ether oxygens (including phenoxy) is 10. The minimum atomic E-state index is -0.903. The fraction of sp³-hybridized carbons (Fsp3) is 0.818. The van der Waals surface area contributed by atoms with Crippen molar-refractivity contribution < 1.29 is 71.7 Å². The van der Waals surface area contributed by atoms with Crippen LogP contribution in [0.5, 0.6) is 0 Å². The van der Waals surface area contributed by atoms with Crippen LogP contribution >= 0.6 is 0 Å². The second-order valence-corrected chi connectivity index (χ2v) is 11.1. The number of aliphatic carboxylic acids is 1. The Labute approximate surface area is 300 Å². The molecule has 0 saturated carbocycles. The number of carboxylic acids is 1. The molecule has 0 atom stereocenters. The highest BCUT2D eigenvalue weighted by Crippen LogP contribution is 2.02. The SMILES string of the molecule is O=C(O)CN1CCOCCOCCOCCN(C(=O)CCOCCOCCOCCOCCN2C(=O)C=CC2=O)CCOCCOCCOCC1. The molecule has 1 saturated heterocycles. The van der Waals surface area contributed by atoms with Crippen molar-refractivity contribution in [2.45, 2.75) is 6.42 Å². The molecule has 2 heterocycles. The first-order valence-electron chi connectivity index (χ1n) is 17.5. The first-order chi connectivity index (χ1) is 25.0. The number of nitrogens with zero attached hydrogens (tertiary/aromatic N) is 3. The molecule has 2 aliphatic rings. The van der Waals surface area contributed by atoms with Crippen LogP contribution in [-0.4, -0.2) is 215 Å². The van der Waals surface area contributed by atoms with E-state index in [4.69, 9.17) is 52.5 Å². The molecule has 0 aromatic heterocycles. The van der Waals surface area contributed by atoms with Gasteiger partial charge in [-0.15, -0.1) is 0 Å². The molecule has 1 N–H and O–H groups in total. The van der Waals surface area contributed by atoms with Crippen molar-refractivity contribution in [2.24, 2.45) is 0 Å². The summed E-state index contributed by atoms with van der Waals surface area (Å²) >= 11 is 0. The van der Waals surface area contributed by atoms with Gasteiger partial charge in [0.2, 0.25) is 5.91 Å². The van der Waals surface area contributed by atoms with Gasteiger partial charge in [0.25, 0.3) is 11.8 Å². The summed E-state index contributed by atoms with van der Waals surface area (Å²) < 4.78 is 55.4. The zero-order chi connectivity index (χ0) is 36.6. The van der Waals surface area contributed by atoms with Gasteiger partial charge in [0.05, 0.1) is 152 Å². The monoisotopic (exact) mass is 735 g/mol. The molecule has 3 amide bonds. The Morgan fingerprint density at radius 3 is 1.35 bits per heavy atom. The molecule has 2 aliphatic heterocycles. The van der Waals surface area contributed by atoms with E-state index >= 15 is 0 Å². The van der Waals surface area contributed by atoms with E-state index < -0.39 is 5.97 Å². The minimum absolute atomic E-state index is 0.0702. The number of carbonyl (C=O) groups is 4. The van der Waals surface area contributed by atoms with Crippen molar-refractivity contribution >= 4 is 23.7 Å². The van der Waals surface area contributed by atoms with E-state index in [1.165, 1.54) is 12.2 Å². The fourth-order valence-corrected chi connectivity index (χ4v) is 4.53. The Morgan fingerprint density at radius 2 is 0.922 bits per heavy atom. The van der Waals surface area contributed by atoms with Crippen LogP contribution in [0.2, 0.25) is 0 Å². The van der Waals surface area contributed by atoms with Gasteiger partial charge in [-0.1, -0.05) is 0 Å². The maximum Gasteiger partial charge on any atom is 0.317 e. The van der Waals surface area contributed by atoms with Crippen molar-refractivity contribution in [3.8, 4) is 0 Å². The Balaban J connectivity index is 1.53. The third-order valence-corrected chi connectivity index (χ3v) is 7.25. The van der Waals surface area contributed by atoms with Gasteiger partial charge in [0.1, 0.15) is 0 Å². The van der Waals surface area contributed by atoms with E-state index in [0.717, 1.165) is 4.90 Å². The zero-order valence-electron chi connectivity index (χ0n) is 29.8. The van der Waals surface area contributed by atoms with Crippen molar-refractivity contribution in [1.82, 2.24) is 14.7 Å². The average Bonchev–Trinajstić information content (AvgIpc) is 3.43. The van der Waals surface area contributed by atoms with Gasteiger partial charge < -0.3 is 57.4 Å². The van der Waals surface area contributed by atoms with Gasteiger partial charge >= 0.3 is 5.97 Å². The molecule has 0 radical (unpaired) electrons. The molecule has 0 unspecified atom stereocenters. The standard InChI is InChI=1S/C33H57N3O15/c37-30(3-9-42-15-21-48-27-28-51-26-20-47-14-8-36-31(38)1-2-32(36)39)35-6-12-45-18-24-49-22-16-43-10-4-34(29-33(40)41)5-11-44-17-23-50-25-19-46-13-7-35/h1-2H,3-29H2,(H,40,41). The second-order valence-electron chi connectivity index (χ2n) is 11.1. The lowest BCUT2D eigenvalue weighted by Gasteiger charge is -2.23. The molecule has 1 fully saturated rings. The molecule has 2 rings (SSSR count). The van der Waals surface area contributed by atoms with Crippen LogP contribution in [0.15, 0.2) is 12.2 Å². The fourth-order valence-electron chi connectivity index (χ4n) is 4.53. The molecule has 294 valence electrons. The number of hydrogen-bond acceptors (Lipinski definition) is 15. The quantitative estimate of drug-likeness (QED) is 0.137. The highest BCUT2D eigenvalue weighted by molar-refractivity contribution is 6.12. The molecule has 0 aromatic carbocycles. The van der Waals surface area contributed by atoms with Gasteiger partial charge in [-0.05, 0) is 0 Å². The summed E-state index contributed by atoms with van der Waals surface area (Å²) in [5, 5.41) is 9.13. The molecule has 18 heteroatoms. The van der Waals surface area contributed by atoms with Crippen LogP contribution in [-0.2, 0) is 66.5 Å². The summed E-state index contributed by atoms with van der Waals surface area (Å²) in [7, 11) is 0. The van der Waals surface area contributed by atoms with Gasteiger partial charge in [0, 0.05) is 38.3 Å². The molecule has 18 nitrogen and oxygen atoms in total. The second kappa shape index (κ2) is 31.0. The molecule has 0 spiro atoms. The highest BCUT2D eigenvalue weighted by Gasteiger charge is 2.22. The zero-order valence-corrected chi connectivity index (χ0v) is 29.8. The van der Waals surface area contributed by atoms with Gasteiger partial charge in [-0.25, -0.2) is 0 Å².